The second kappa shape index (κ2) is 8.05. The minimum Gasteiger partial charge on any atom is -0.497 e. The Balaban J connectivity index is 1.77. The molecule has 0 amide bonds. The van der Waals surface area contributed by atoms with Gasteiger partial charge in [-0.2, -0.15) is 0 Å². The van der Waals surface area contributed by atoms with Gasteiger partial charge in [0.2, 0.25) is 0 Å². The Morgan fingerprint density at radius 1 is 1.10 bits per heavy atom. The number of hydrogen-bond acceptors (Lipinski definition) is 4. The fraction of sp³-hybridized carbons (Fsp3) is 0.412. The number of hydrogen-bond donors (Lipinski definition) is 1. The van der Waals surface area contributed by atoms with Crippen LogP contribution < -0.4 is 14.8 Å². The summed E-state index contributed by atoms with van der Waals surface area (Å²) in [4.78, 5) is 1.38. The van der Waals surface area contributed by atoms with Gasteiger partial charge in [-0.3, -0.25) is 0 Å². The maximum Gasteiger partial charge on any atom is 0.119 e. The largest absolute Gasteiger partial charge is 0.497 e. The number of ether oxygens (including phenoxy) is 2. The van der Waals surface area contributed by atoms with Crippen LogP contribution in [0.15, 0.2) is 41.8 Å². The van der Waals surface area contributed by atoms with E-state index in [0.29, 0.717) is 18.6 Å². The lowest BCUT2D eigenvalue weighted by Gasteiger charge is -2.21. The highest BCUT2D eigenvalue weighted by atomic mass is 32.1. The smallest absolute Gasteiger partial charge is 0.119 e. The van der Waals surface area contributed by atoms with Crippen molar-refractivity contribution in [3.63, 3.8) is 0 Å². The zero-order valence-electron chi connectivity index (χ0n) is 12.8. The topological polar surface area (TPSA) is 30.5 Å². The second-order valence-electron chi connectivity index (χ2n) is 5.22. The SMILES string of the molecule is COc1ccc(OCCNC(c2cccs2)C(C)C)cc1. The van der Waals surface area contributed by atoms with E-state index in [0.717, 1.165) is 18.0 Å². The second-order valence-corrected chi connectivity index (χ2v) is 6.19. The Kier molecular flexibility index (Phi) is 6.08. The average Bonchev–Trinajstić information content (AvgIpc) is 3.01. The monoisotopic (exact) mass is 305 g/mol. The van der Waals surface area contributed by atoms with E-state index in [1.54, 1.807) is 18.4 Å². The summed E-state index contributed by atoms with van der Waals surface area (Å²) in [7, 11) is 1.66. The van der Waals surface area contributed by atoms with E-state index in [4.69, 9.17) is 9.47 Å². The van der Waals surface area contributed by atoms with Crippen LogP contribution >= 0.6 is 11.3 Å². The summed E-state index contributed by atoms with van der Waals surface area (Å²) in [5, 5.41) is 5.70. The normalized spacial score (nSPS) is 12.4. The first kappa shape index (κ1) is 15.9. The highest BCUT2D eigenvalue weighted by molar-refractivity contribution is 7.10. The van der Waals surface area contributed by atoms with Crippen molar-refractivity contribution in [1.82, 2.24) is 5.32 Å². The van der Waals surface area contributed by atoms with Crippen LogP contribution in [-0.4, -0.2) is 20.3 Å². The van der Waals surface area contributed by atoms with E-state index in [-0.39, 0.29) is 0 Å². The van der Waals surface area contributed by atoms with Crippen molar-refractivity contribution >= 4 is 11.3 Å². The lowest BCUT2D eigenvalue weighted by molar-refractivity contribution is 0.294. The molecule has 0 saturated heterocycles. The molecule has 4 heteroatoms. The maximum atomic E-state index is 5.74. The molecule has 1 heterocycles. The Morgan fingerprint density at radius 3 is 2.38 bits per heavy atom. The lowest BCUT2D eigenvalue weighted by atomic mass is 10.0. The van der Waals surface area contributed by atoms with Crippen LogP contribution in [0.2, 0.25) is 0 Å². The molecule has 1 N–H and O–H groups in total. The Labute approximate surface area is 130 Å². The molecule has 2 rings (SSSR count). The number of methoxy groups -OCH3 is 1. The van der Waals surface area contributed by atoms with Gasteiger partial charge in [-0.05, 0) is 41.6 Å². The Bertz CT molecular complexity index is 508. The summed E-state index contributed by atoms with van der Waals surface area (Å²) >= 11 is 1.80. The van der Waals surface area contributed by atoms with Crippen LogP contribution in [0.25, 0.3) is 0 Å². The number of nitrogens with one attached hydrogen (secondary N) is 1. The van der Waals surface area contributed by atoms with Crippen molar-refractivity contribution in [2.75, 3.05) is 20.3 Å². The summed E-state index contributed by atoms with van der Waals surface area (Å²) in [5.74, 6) is 2.28. The van der Waals surface area contributed by atoms with Gasteiger partial charge >= 0.3 is 0 Å². The van der Waals surface area contributed by atoms with Gasteiger partial charge in [-0.25, -0.2) is 0 Å². The fourth-order valence-electron chi connectivity index (χ4n) is 2.19. The highest BCUT2D eigenvalue weighted by Gasteiger charge is 2.15. The first-order chi connectivity index (χ1) is 10.2. The first-order valence-corrected chi connectivity index (χ1v) is 8.12. The van der Waals surface area contributed by atoms with Crippen molar-refractivity contribution in [3.05, 3.63) is 46.7 Å². The van der Waals surface area contributed by atoms with Crippen LogP contribution in [0, 0.1) is 5.92 Å². The molecule has 3 nitrogen and oxygen atoms in total. The number of thiophene rings is 1. The van der Waals surface area contributed by atoms with Gasteiger partial charge in [-0.15, -0.1) is 11.3 Å². The van der Waals surface area contributed by atoms with Gasteiger partial charge in [0, 0.05) is 17.5 Å². The molecule has 0 saturated carbocycles. The van der Waals surface area contributed by atoms with Crippen LogP contribution in [0.3, 0.4) is 0 Å². The third-order valence-corrected chi connectivity index (χ3v) is 4.27. The molecule has 1 aromatic carbocycles. The Hall–Kier alpha value is -1.52. The molecule has 1 atom stereocenters. The molecule has 0 spiro atoms. The van der Waals surface area contributed by atoms with E-state index in [2.05, 4.69) is 36.7 Å². The fourth-order valence-corrected chi connectivity index (χ4v) is 3.16. The van der Waals surface area contributed by atoms with Crippen LogP contribution in [0.5, 0.6) is 11.5 Å². The molecule has 1 aromatic heterocycles. The third kappa shape index (κ3) is 4.76. The van der Waals surface area contributed by atoms with Gasteiger partial charge in [0.25, 0.3) is 0 Å². The van der Waals surface area contributed by atoms with Gasteiger partial charge in [-0.1, -0.05) is 19.9 Å². The van der Waals surface area contributed by atoms with Crippen LogP contribution in [0.1, 0.15) is 24.8 Å². The van der Waals surface area contributed by atoms with E-state index < -0.39 is 0 Å². The molecule has 2 aromatic rings. The van der Waals surface area contributed by atoms with Crippen molar-refractivity contribution in [2.45, 2.75) is 19.9 Å². The summed E-state index contributed by atoms with van der Waals surface area (Å²) in [6.07, 6.45) is 0. The summed E-state index contributed by atoms with van der Waals surface area (Å²) < 4.78 is 10.9. The van der Waals surface area contributed by atoms with Crippen molar-refractivity contribution in [3.8, 4) is 11.5 Å². The number of benzene rings is 1. The van der Waals surface area contributed by atoms with Gasteiger partial charge in [0.15, 0.2) is 0 Å². The quantitative estimate of drug-likeness (QED) is 0.744. The molecular formula is C17H23NO2S. The van der Waals surface area contributed by atoms with E-state index in [1.807, 2.05) is 24.3 Å². The molecule has 0 bridgehead atoms. The molecule has 0 aliphatic rings. The van der Waals surface area contributed by atoms with Crippen molar-refractivity contribution < 1.29 is 9.47 Å². The molecular weight excluding hydrogens is 282 g/mol. The Morgan fingerprint density at radius 2 is 1.81 bits per heavy atom. The number of rotatable bonds is 8. The van der Waals surface area contributed by atoms with Gasteiger partial charge < -0.3 is 14.8 Å². The molecule has 0 fully saturated rings. The van der Waals surface area contributed by atoms with E-state index in [9.17, 15) is 0 Å². The minimum atomic E-state index is 0.393. The predicted molar refractivity (Wildman–Crippen MR) is 88.4 cm³/mol. The first-order valence-electron chi connectivity index (χ1n) is 7.24. The lowest BCUT2D eigenvalue weighted by Crippen LogP contribution is -2.29. The summed E-state index contributed by atoms with van der Waals surface area (Å²) in [6.45, 7) is 5.96. The van der Waals surface area contributed by atoms with Crippen molar-refractivity contribution in [1.29, 1.82) is 0 Å². The molecule has 114 valence electrons. The predicted octanol–water partition coefficient (Wildman–Crippen LogP) is 4.12. The van der Waals surface area contributed by atoms with E-state index in [1.165, 1.54) is 4.88 Å². The van der Waals surface area contributed by atoms with Gasteiger partial charge in [0.05, 0.1) is 7.11 Å². The van der Waals surface area contributed by atoms with Gasteiger partial charge in [0.1, 0.15) is 18.1 Å². The van der Waals surface area contributed by atoms with Crippen LogP contribution in [0.4, 0.5) is 0 Å². The summed E-state index contributed by atoms with van der Waals surface area (Å²) in [5.41, 5.74) is 0. The maximum absolute atomic E-state index is 5.74. The molecule has 1 unspecified atom stereocenters. The highest BCUT2D eigenvalue weighted by Crippen LogP contribution is 2.25. The molecule has 0 radical (unpaired) electrons. The van der Waals surface area contributed by atoms with Crippen LogP contribution in [-0.2, 0) is 0 Å². The standard InChI is InChI=1S/C17H23NO2S/c1-13(2)17(16-5-4-12-21-16)18-10-11-20-15-8-6-14(19-3)7-9-15/h4-9,12-13,17-18H,10-11H2,1-3H3. The molecule has 21 heavy (non-hydrogen) atoms. The van der Waals surface area contributed by atoms with E-state index >= 15 is 0 Å². The average molecular weight is 305 g/mol. The zero-order chi connectivity index (χ0) is 15.1. The van der Waals surface area contributed by atoms with Crippen molar-refractivity contribution in [2.24, 2.45) is 5.92 Å². The zero-order valence-corrected chi connectivity index (χ0v) is 13.7. The minimum absolute atomic E-state index is 0.393. The molecule has 0 aliphatic carbocycles. The third-order valence-electron chi connectivity index (χ3n) is 3.31. The molecule has 0 aliphatic heterocycles. The summed E-state index contributed by atoms with van der Waals surface area (Å²) in [6, 6.07) is 12.4.